The number of carbonyl (C=O) groups is 2. The fourth-order valence-electron chi connectivity index (χ4n) is 2.90. The minimum atomic E-state index is -0.395. The number of hydrogen-bond donors (Lipinski definition) is 1. The van der Waals surface area contributed by atoms with E-state index in [0.29, 0.717) is 36.0 Å². The number of benzene rings is 1. The van der Waals surface area contributed by atoms with Crippen molar-refractivity contribution in [3.05, 3.63) is 47.8 Å². The summed E-state index contributed by atoms with van der Waals surface area (Å²) in [6.45, 7) is 6.29. The Morgan fingerprint density at radius 3 is 2.44 bits per heavy atom. The van der Waals surface area contributed by atoms with Gasteiger partial charge in [0, 0.05) is 38.1 Å². The average Bonchev–Trinajstić information content (AvgIpc) is 2.73. The van der Waals surface area contributed by atoms with Gasteiger partial charge in [-0.2, -0.15) is 0 Å². The van der Waals surface area contributed by atoms with Crippen molar-refractivity contribution in [2.45, 2.75) is 6.92 Å². The molecule has 3 rings (SSSR count). The Balaban J connectivity index is 1.66. The summed E-state index contributed by atoms with van der Waals surface area (Å²) < 4.78 is 4.68. The molecule has 0 aliphatic carbocycles. The summed E-state index contributed by atoms with van der Waals surface area (Å²) in [6, 6.07) is 8.38. The molecule has 1 saturated heterocycles. The molecule has 1 aliphatic rings. The highest BCUT2D eigenvalue weighted by atomic mass is 16.5. The van der Waals surface area contributed by atoms with Crippen LogP contribution in [0.2, 0.25) is 0 Å². The predicted octanol–water partition coefficient (Wildman–Crippen LogP) is 1.78. The van der Waals surface area contributed by atoms with Crippen molar-refractivity contribution in [1.29, 1.82) is 0 Å². The summed E-state index contributed by atoms with van der Waals surface area (Å²) >= 11 is 0. The van der Waals surface area contributed by atoms with Crippen LogP contribution in [0.25, 0.3) is 0 Å². The van der Waals surface area contributed by atoms with E-state index in [1.807, 2.05) is 4.90 Å². The van der Waals surface area contributed by atoms with E-state index in [9.17, 15) is 9.59 Å². The molecule has 0 radical (unpaired) electrons. The van der Waals surface area contributed by atoms with Crippen molar-refractivity contribution >= 4 is 23.5 Å². The molecule has 8 heteroatoms. The second-order valence-electron chi connectivity index (χ2n) is 6.19. The highest BCUT2D eigenvalue weighted by Crippen LogP contribution is 2.15. The molecule has 1 N–H and O–H groups in total. The lowest BCUT2D eigenvalue weighted by Crippen LogP contribution is -2.48. The van der Waals surface area contributed by atoms with Gasteiger partial charge in [0.25, 0.3) is 5.91 Å². The zero-order valence-corrected chi connectivity index (χ0v) is 15.5. The lowest BCUT2D eigenvalue weighted by molar-refractivity contribution is 0.0599. The summed E-state index contributed by atoms with van der Waals surface area (Å²) in [7, 11) is 1.34. The first kappa shape index (κ1) is 18.8. The van der Waals surface area contributed by atoms with Gasteiger partial charge in [-0.25, -0.2) is 14.8 Å². The standard InChI is InChI=1S/C19H23N5O3/c1-3-23-10-12-24(13-11-23)17(25)16-8-9-20-19(22-16)21-15-6-4-14(5-7-15)18(26)27-2/h4-9H,3,10-13H2,1-2H3,(H,20,21,22). The van der Waals surface area contributed by atoms with Gasteiger partial charge >= 0.3 is 5.97 Å². The number of likely N-dealkylation sites (N-methyl/N-ethyl adjacent to an activating group) is 1. The normalized spacial score (nSPS) is 14.7. The minimum absolute atomic E-state index is 0.0859. The van der Waals surface area contributed by atoms with Crippen LogP contribution in [0.15, 0.2) is 36.5 Å². The molecule has 0 atom stereocenters. The third kappa shape index (κ3) is 4.59. The summed E-state index contributed by atoms with van der Waals surface area (Å²) in [4.78, 5) is 36.8. The molecule has 1 aliphatic heterocycles. The van der Waals surface area contributed by atoms with Crippen molar-refractivity contribution in [1.82, 2.24) is 19.8 Å². The number of nitrogens with one attached hydrogen (secondary N) is 1. The molecular weight excluding hydrogens is 346 g/mol. The first-order valence-corrected chi connectivity index (χ1v) is 8.90. The van der Waals surface area contributed by atoms with Crippen molar-refractivity contribution in [3.63, 3.8) is 0 Å². The number of ether oxygens (including phenoxy) is 1. The van der Waals surface area contributed by atoms with Crippen LogP contribution in [0, 0.1) is 0 Å². The zero-order chi connectivity index (χ0) is 19.2. The Kier molecular flexibility index (Phi) is 5.97. The van der Waals surface area contributed by atoms with E-state index in [1.165, 1.54) is 7.11 Å². The molecule has 1 amide bonds. The Hall–Kier alpha value is -3.00. The molecule has 1 fully saturated rings. The maximum Gasteiger partial charge on any atom is 0.337 e. The molecule has 0 saturated carbocycles. The fraction of sp³-hybridized carbons (Fsp3) is 0.368. The lowest BCUT2D eigenvalue weighted by atomic mass is 10.2. The number of carbonyl (C=O) groups excluding carboxylic acids is 2. The van der Waals surface area contributed by atoms with Crippen molar-refractivity contribution in [2.75, 3.05) is 45.2 Å². The number of rotatable bonds is 5. The summed E-state index contributed by atoms with van der Waals surface area (Å²) in [5.74, 6) is -0.148. The topological polar surface area (TPSA) is 87.7 Å². The summed E-state index contributed by atoms with van der Waals surface area (Å²) in [5, 5.41) is 3.05. The third-order valence-corrected chi connectivity index (χ3v) is 4.54. The maximum absolute atomic E-state index is 12.7. The smallest absolute Gasteiger partial charge is 0.337 e. The molecule has 8 nitrogen and oxygen atoms in total. The van der Waals surface area contributed by atoms with E-state index in [0.717, 1.165) is 19.6 Å². The van der Waals surface area contributed by atoms with Gasteiger partial charge in [-0.05, 0) is 36.9 Å². The largest absolute Gasteiger partial charge is 0.465 e. The Morgan fingerprint density at radius 2 is 1.81 bits per heavy atom. The van der Waals surface area contributed by atoms with Crippen LogP contribution < -0.4 is 5.32 Å². The Bertz CT molecular complexity index is 801. The number of nitrogens with zero attached hydrogens (tertiary/aromatic N) is 4. The number of amides is 1. The molecule has 2 heterocycles. The van der Waals surface area contributed by atoms with Crippen LogP contribution in [0.1, 0.15) is 27.8 Å². The molecule has 2 aromatic rings. The minimum Gasteiger partial charge on any atom is -0.465 e. The van der Waals surface area contributed by atoms with Gasteiger partial charge in [-0.3, -0.25) is 4.79 Å². The number of esters is 1. The van der Waals surface area contributed by atoms with Crippen molar-refractivity contribution < 1.29 is 14.3 Å². The van der Waals surface area contributed by atoms with Crippen LogP contribution >= 0.6 is 0 Å². The number of aromatic nitrogens is 2. The van der Waals surface area contributed by atoms with Crippen molar-refractivity contribution in [3.8, 4) is 0 Å². The lowest BCUT2D eigenvalue weighted by Gasteiger charge is -2.33. The molecule has 27 heavy (non-hydrogen) atoms. The SMILES string of the molecule is CCN1CCN(C(=O)c2ccnc(Nc3ccc(C(=O)OC)cc3)n2)CC1. The van der Waals surface area contributed by atoms with E-state index < -0.39 is 5.97 Å². The zero-order valence-electron chi connectivity index (χ0n) is 15.5. The van der Waals surface area contributed by atoms with Crippen LogP contribution in [0.5, 0.6) is 0 Å². The number of hydrogen-bond acceptors (Lipinski definition) is 7. The van der Waals surface area contributed by atoms with E-state index in [1.54, 1.807) is 36.5 Å². The van der Waals surface area contributed by atoms with Gasteiger partial charge in [0.1, 0.15) is 5.69 Å². The third-order valence-electron chi connectivity index (χ3n) is 4.54. The van der Waals surface area contributed by atoms with Gasteiger partial charge < -0.3 is 19.9 Å². The molecule has 1 aromatic heterocycles. The van der Waals surface area contributed by atoms with Gasteiger partial charge in [0.15, 0.2) is 0 Å². The molecule has 1 aromatic carbocycles. The molecule has 0 unspecified atom stereocenters. The quantitative estimate of drug-likeness (QED) is 0.804. The van der Waals surface area contributed by atoms with Gasteiger partial charge in [0.05, 0.1) is 12.7 Å². The summed E-state index contributed by atoms with van der Waals surface area (Å²) in [5.41, 5.74) is 1.53. The summed E-state index contributed by atoms with van der Waals surface area (Å²) in [6.07, 6.45) is 1.56. The van der Waals surface area contributed by atoms with E-state index >= 15 is 0 Å². The van der Waals surface area contributed by atoms with Crippen molar-refractivity contribution in [2.24, 2.45) is 0 Å². The number of anilines is 2. The fourth-order valence-corrected chi connectivity index (χ4v) is 2.90. The van der Waals surface area contributed by atoms with Gasteiger partial charge in [-0.15, -0.1) is 0 Å². The molecule has 142 valence electrons. The van der Waals surface area contributed by atoms with E-state index in [-0.39, 0.29) is 5.91 Å². The number of piperazine rings is 1. The molecule has 0 bridgehead atoms. The Labute approximate surface area is 158 Å². The average molecular weight is 369 g/mol. The molecule has 0 spiro atoms. The predicted molar refractivity (Wildman–Crippen MR) is 101 cm³/mol. The Morgan fingerprint density at radius 1 is 1.11 bits per heavy atom. The van der Waals surface area contributed by atoms with E-state index in [2.05, 4.69) is 31.8 Å². The molecular formula is C19H23N5O3. The maximum atomic E-state index is 12.7. The second kappa shape index (κ2) is 8.59. The first-order valence-electron chi connectivity index (χ1n) is 8.90. The highest BCUT2D eigenvalue weighted by Gasteiger charge is 2.22. The van der Waals surface area contributed by atoms with Gasteiger partial charge in [-0.1, -0.05) is 6.92 Å². The van der Waals surface area contributed by atoms with Crippen LogP contribution in [0.3, 0.4) is 0 Å². The number of methoxy groups -OCH3 is 1. The monoisotopic (exact) mass is 369 g/mol. The highest BCUT2D eigenvalue weighted by molar-refractivity contribution is 5.92. The van der Waals surface area contributed by atoms with Crippen LogP contribution in [-0.2, 0) is 4.74 Å². The second-order valence-corrected chi connectivity index (χ2v) is 6.19. The van der Waals surface area contributed by atoms with Crippen LogP contribution in [-0.4, -0.2) is 71.5 Å². The van der Waals surface area contributed by atoms with E-state index in [4.69, 9.17) is 0 Å². The van der Waals surface area contributed by atoms with Crippen LogP contribution in [0.4, 0.5) is 11.6 Å². The first-order chi connectivity index (χ1) is 13.1. The van der Waals surface area contributed by atoms with Gasteiger partial charge in [0.2, 0.25) is 5.95 Å².